The second-order valence-corrected chi connectivity index (χ2v) is 7.17. The van der Waals surface area contributed by atoms with Crippen LogP contribution in [0.2, 0.25) is 5.02 Å². The number of para-hydroxylation sites is 1. The molecule has 29 heavy (non-hydrogen) atoms. The number of amides is 1. The summed E-state index contributed by atoms with van der Waals surface area (Å²) in [7, 11) is 1.83. The topological polar surface area (TPSA) is 108 Å². The van der Waals surface area contributed by atoms with Crippen molar-refractivity contribution in [3.63, 3.8) is 0 Å². The fourth-order valence-electron chi connectivity index (χ4n) is 3.11. The third-order valence-electron chi connectivity index (χ3n) is 4.46. The van der Waals surface area contributed by atoms with Crippen LogP contribution in [0.4, 0.5) is 11.6 Å². The van der Waals surface area contributed by atoms with Crippen molar-refractivity contribution in [3.05, 3.63) is 53.3 Å². The molecule has 0 fully saturated rings. The van der Waals surface area contributed by atoms with E-state index in [0.717, 1.165) is 10.9 Å². The highest BCUT2D eigenvalue weighted by Gasteiger charge is 2.17. The molecule has 2 aromatic heterocycles. The number of anilines is 2. The Labute approximate surface area is 172 Å². The van der Waals surface area contributed by atoms with Gasteiger partial charge in [0, 0.05) is 28.4 Å². The number of aromatic amines is 1. The first-order valence-electron chi connectivity index (χ1n) is 9.18. The van der Waals surface area contributed by atoms with Gasteiger partial charge in [0.15, 0.2) is 5.82 Å². The summed E-state index contributed by atoms with van der Waals surface area (Å²) in [6.07, 6.45) is 0. The second kappa shape index (κ2) is 8.02. The minimum absolute atomic E-state index is 0.0660. The van der Waals surface area contributed by atoms with Crippen LogP contribution in [0, 0.1) is 0 Å². The molecule has 0 spiro atoms. The van der Waals surface area contributed by atoms with E-state index in [9.17, 15) is 4.79 Å². The molecule has 1 atom stereocenters. The van der Waals surface area contributed by atoms with Crippen molar-refractivity contribution in [3.8, 4) is 0 Å². The Morgan fingerprint density at radius 1 is 1.14 bits per heavy atom. The maximum Gasteiger partial charge on any atom is 0.289 e. The van der Waals surface area contributed by atoms with E-state index in [1.54, 1.807) is 18.2 Å². The standard InChI is InChI=1S/C20H20ClN7O/c1-11(10-22-2)23-20(29)19-24-15-8-7-12(21)9-14(15)17(26-19)25-18-13-5-3-4-6-16(13)27-28-18/h3-9,11,22H,10H2,1-2H3,(H,23,29)(H2,24,25,26,27,28)/t11-/m1/s1. The molecule has 0 radical (unpaired) electrons. The van der Waals surface area contributed by atoms with Crippen molar-refractivity contribution >= 4 is 50.9 Å². The molecule has 1 amide bonds. The van der Waals surface area contributed by atoms with Crippen LogP contribution in [0.15, 0.2) is 42.5 Å². The van der Waals surface area contributed by atoms with Crippen LogP contribution < -0.4 is 16.0 Å². The van der Waals surface area contributed by atoms with Crippen molar-refractivity contribution < 1.29 is 4.79 Å². The first-order valence-corrected chi connectivity index (χ1v) is 9.56. The molecule has 0 bridgehead atoms. The van der Waals surface area contributed by atoms with Crippen molar-refractivity contribution in [1.82, 2.24) is 30.8 Å². The van der Waals surface area contributed by atoms with Gasteiger partial charge in [-0.15, -0.1) is 0 Å². The molecule has 0 aliphatic carbocycles. The van der Waals surface area contributed by atoms with Gasteiger partial charge in [0.2, 0.25) is 5.82 Å². The summed E-state index contributed by atoms with van der Waals surface area (Å²) in [6, 6.07) is 12.9. The predicted molar refractivity (Wildman–Crippen MR) is 115 cm³/mol. The van der Waals surface area contributed by atoms with Gasteiger partial charge in [0.1, 0.15) is 5.82 Å². The van der Waals surface area contributed by atoms with Gasteiger partial charge in [-0.25, -0.2) is 9.97 Å². The highest BCUT2D eigenvalue weighted by Crippen LogP contribution is 2.29. The van der Waals surface area contributed by atoms with Gasteiger partial charge in [-0.05, 0) is 44.3 Å². The van der Waals surface area contributed by atoms with Crippen LogP contribution in [-0.2, 0) is 0 Å². The van der Waals surface area contributed by atoms with E-state index in [4.69, 9.17) is 11.6 Å². The summed E-state index contributed by atoms with van der Waals surface area (Å²) in [5.41, 5.74) is 1.50. The number of likely N-dealkylation sites (N-methyl/N-ethyl adjacent to an activating group) is 1. The monoisotopic (exact) mass is 409 g/mol. The quantitative estimate of drug-likeness (QED) is 0.389. The Bertz CT molecular complexity index is 1190. The Hall–Kier alpha value is -3.23. The van der Waals surface area contributed by atoms with E-state index in [-0.39, 0.29) is 17.8 Å². The molecule has 8 nitrogen and oxygen atoms in total. The van der Waals surface area contributed by atoms with Gasteiger partial charge in [-0.3, -0.25) is 9.89 Å². The van der Waals surface area contributed by atoms with Crippen molar-refractivity contribution in [2.24, 2.45) is 0 Å². The number of carbonyl (C=O) groups excluding carboxylic acids is 1. The van der Waals surface area contributed by atoms with Gasteiger partial charge in [0.25, 0.3) is 5.91 Å². The number of hydrogen-bond donors (Lipinski definition) is 4. The van der Waals surface area contributed by atoms with Crippen LogP contribution in [-0.4, -0.2) is 45.7 Å². The van der Waals surface area contributed by atoms with Gasteiger partial charge >= 0.3 is 0 Å². The van der Waals surface area contributed by atoms with Crippen LogP contribution in [0.25, 0.3) is 21.8 Å². The van der Waals surface area contributed by atoms with Crippen molar-refractivity contribution in [2.45, 2.75) is 13.0 Å². The summed E-state index contributed by atoms with van der Waals surface area (Å²) in [4.78, 5) is 21.5. The normalized spacial score (nSPS) is 12.2. The minimum atomic E-state index is -0.348. The number of hydrogen-bond acceptors (Lipinski definition) is 6. The maximum atomic E-state index is 12.7. The molecule has 0 unspecified atom stereocenters. The molecule has 0 saturated heterocycles. The number of rotatable bonds is 6. The number of H-pyrrole nitrogens is 1. The van der Waals surface area contributed by atoms with E-state index >= 15 is 0 Å². The Kier molecular flexibility index (Phi) is 5.28. The van der Waals surface area contributed by atoms with E-state index < -0.39 is 0 Å². The lowest BCUT2D eigenvalue weighted by Gasteiger charge is -2.14. The number of nitrogens with one attached hydrogen (secondary N) is 4. The van der Waals surface area contributed by atoms with E-state index in [2.05, 4.69) is 36.1 Å². The molecule has 9 heteroatoms. The highest BCUT2D eigenvalue weighted by atomic mass is 35.5. The second-order valence-electron chi connectivity index (χ2n) is 6.73. The lowest BCUT2D eigenvalue weighted by atomic mass is 10.2. The molecule has 4 N–H and O–H groups in total. The molecule has 0 aliphatic rings. The van der Waals surface area contributed by atoms with Gasteiger partial charge in [0.05, 0.1) is 11.0 Å². The smallest absolute Gasteiger partial charge is 0.289 e. The first kappa shape index (κ1) is 19.1. The Morgan fingerprint density at radius 3 is 2.79 bits per heavy atom. The van der Waals surface area contributed by atoms with Crippen LogP contribution in [0.5, 0.6) is 0 Å². The largest absolute Gasteiger partial charge is 0.346 e. The number of nitrogens with zero attached hydrogens (tertiary/aromatic N) is 3. The summed E-state index contributed by atoms with van der Waals surface area (Å²) in [6.45, 7) is 2.55. The summed E-state index contributed by atoms with van der Waals surface area (Å²) < 4.78 is 0. The Balaban J connectivity index is 1.76. The average Bonchev–Trinajstić information content (AvgIpc) is 3.11. The number of carbonyl (C=O) groups is 1. The predicted octanol–water partition coefficient (Wildman–Crippen LogP) is 3.24. The van der Waals surface area contributed by atoms with Crippen molar-refractivity contribution in [1.29, 1.82) is 0 Å². The molecule has 2 aromatic carbocycles. The molecule has 4 rings (SSSR count). The zero-order valence-electron chi connectivity index (χ0n) is 16.0. The first-order chi connectivity index (χ1) is 14.0. The number of halogens is 1. The zero-order chi connectivity index (χ0) is 20.4. The fraction of sp³-hybridized carbons (Fsp3) is 0.200. The molecule has 4 aromatic rings. The average molecular weight is 410 g/mol. The van der Waals surface area contributed by atoms with Gasteiger partial charge in [-0.1, -0.05) is 23.7 Å². The number of aromatic nitrogens is 4. The summed E-state index contributed by atoms with van der Waals surface area (Å²) in [5, 5.41) is 18.6. The molecule has 148 valence electrons. The third-order valence-corrected chi connectivity index (χ3v) is 4.69. The fourth-order valence-corrected chi connectivity index (χ4v) is 3.29. The van der Waals surface area contributed by atoms with Gasteiger partial charge < -0.3 is 16.0 Å². The maximum absolute atomic E-state index is 12.7. The van der Waals surface area contributed by atoms with E-state index in [1.807, 2.05) is 38.2 Å². The van der Waals surface area contributed by atoms with E-state index in [1.165, 1.54) is 0 Å². The molecular weight excluding hydrogens is 390 g/mol. The molecular formula is C20H20ClN7O. The summed E-state index contributed by atoms with van der Waals surface area (Å²) >= 11 is 6.18. The van der Waals surface area contributed by atoms with Crippen LogP contribution in [0.3, 0.4) is 0 Å². The zero-order valence-corrected chi connectivity index (χ0v) is 16.7. The van der Waals surface area contributed by atoms with Crippen molar-refractivity contribution in [2.75, 3.05) is 18.9 Å². The number of benzene rings is 2. The van der Waals surface area contributed by atoms with E-state index in [0.29, 0.717) is 34.1 Å². The summed E-state index contributed by atoms with van der Waals surface area (Å²) in [5.74, 6) is 0.793. The van der Waals surface area contributed by atoms with Gasteiger partial charge in [-0.2, -0.15) is 5.10 Å². The lowest BCUT2D eigenvalue weighted by molar-refractivity contribution is 0.0930. The number of fused-ring (bicyclic) bond motifs is 2. The highest BCUT2D eigenvalue weighted by molar-refractivity contribution is 6.31. The minimum Gasteiger partial charge on any atom is -0.346 e. The SMILES string of the molecule is CNC[C@@H](C)NC(=O)c1nc(Nc2n[nH]c3ccccc23)c2cc(Cl)ccc2n1. The molecule has 2 heterocycles. The lowest BCUT2D eigenvalue weighted by Crippen LogP contribution is -2.39. The third kappa shape index (κ3) is 3.98. The van der Waals surface area contributed by atoms with Crippen LogP contribution >= 0.6 is 11.6 Å². The van der Waals surface area contributed by atoms with Crippen LogP contribution in [0.1, 0.15) is 17.5 Å². The molecule has 0 saturated carbocycles. The Morgan fingerprint density at radius 2 is 1.97 bits per heavy atom. The molecule has 0 aliphatic heterocycles.